The van der Waals surface area contributed by atoms with Crippen molar-refractivity contribution in [2.75, 3.05) is 39.9 Å². The fourth-order valence-electron chi connectivity index (χ4n) is 2.66. The molecule has 1 aliphatic rings. The minimum atomic E-state index is -0.0680. The molecule has 1 fully saturated rings. The van der Waals surface area contributed by atoms with Gasteiger partial charge in [-0.3, -0.25) is 9.59 Å². The molecule has 0 bridgehead atoms. The quantitative estimate of drug-likeness (QED) is 0.764. The molecule has 0 aliphatic carbocycles. The molecular formula is C18H26N2O4. The monoisotopic (exact) mass is 334 g/mol. The molecule has 0 atom stereocenters. The van der Waals surface area contributed by atoms with Gasteiger partial charge in [-0.15, -0.1) is 0 Å². The highest BCUT2D eigenvalue weighted by Crippen LogP contribution is 2.25. The number of rotatable bonds is 7. The standard InChI is InChI=1S/C18H26N2O4/c1-3-4-9-17(21)19-10-12-20(13-11-19)18(22)14-24-16-8-6-5-7-15(16)23-2/h5-8H,3-4,9-14H2,1-2H3. The van der Waals surface area contributed by atoms with E-state index in [0.29, 0.717) is 44.1 Å². The van der Waals surface area contributed by atoms with Crippen molar-refractivity contribution in [1.29, 1.82) is 0 Å². The fraction of sp³-hybridized carbons (Fsp3) is 0.556. The number of carbonyl (C=O) groups excluding carboxylic acids is 2. The lowest BCUT2D eigenvalue weighted by Crippen LogP contribution is -2.51. The molecule has 132 valence electrons. The number of methoxy groups -OCH3 is 1. The van der Waals surface area contributed by atoms with Crippen molar-refractivity contribution in [3.05, 3.63) is 24.3 Å². The summed E-state index contributed by atoms with van der Waals surface area (Å²) in [5, 5.41) is 0. The SMILES string of the molecule is CCCCC(=O)N1CCN(C(=O)COc2ccccc2OC)CC1. The van der Waals surface area contributed by atoms with Gasteiger partial charge in [0.2, 0.25) is 5.91 Å². The van der Waals surface area contributed by atoms with Gasteiger partial charge in [0.15, 0.2) is 18.1 Å². The van der Waals surface area contributed by atoms with Gasteiger partial charge in [-0.1, -0.05) is 25.5 Å². The normalized spacial score (nSPS) is 14.4. The maximum atomic E-state index is 12.3. The van der Waals surface area contributed by atoms with Crippen molar-refractivity contribution in [3.63, 3.8) is 0 Å². The van der Waals surface area contributed by atoms with Crippen LogP contribution in [0.4, 0.5) is 0 Å². The number of ether oxygens (including phenoxy) is 2. The summed E-state index contributed by atoms with van der Waals surface area (Å²) < 4.78 is 10.8. The summed E-state index contributed by atoms with van der Waals surface area (Å²) in [5.41, 5.74) is 0. The number of piperazine rings is 1. The van der Waals surface area contributed by atoms with Gasteiger partial charge in [0.25, 0.3) is 5.91 Å². The molecular weight excluding hydrogens is 308 g/mol. The van der Waals surface area contributed by atoms with E-state index in [0.717, 1.165) is 12.8 Å². The van der Waals surface area contributed by atoms with E-state index in [4.69, 9.17) is 9.47 Å². The maximum Gasteiger partial charge on any atom is 0.260 e. The van der Waals surface area contributed by atoms with Crippen LogP contribution in [-0.2, 0) is 9.59 Å². The molecule has 6 nitrogen and oxygen atoms in total. The second-order valence-corrected chi connectivity index (χ2v) is 5.80. The minimum absolute atomic E-state index is 0.0237. The summed E-state index contributed by atoms with van der Waals surface area (Å²) >= 11 is 0. The highest BCUT2D eigenvalue weighted by molar-refractivity contribution is 5.79. The maximum absolute atomic E-state index is 12.3. The molecule has 1 saturated heterocycles. The van der Waals surface area contributed by atoms with Gasteiger partial charge in [-0.2, -0.15) is 0 Å². The van der Waals surface area contributed by atoms with Crippen LogP contribution in [0.2, 0.25) is 0 Å². The second kappa shape index (κ2) is 9.15. The Labute approximate surface area is 143 Å². The Morgan fingerprint density at radius 2 is 1.58 bits per heavy atom. The first-order chi connectivity index (χ1) is 11.7. The molecule has 1 aliphatic heterocycles. The van der Waals surface area contributed by atoms with Gasteiger partial charge in [0.05, 0.1) is 7.11 Å². The van der Waals surface area contributed by atoms with Crippen LogP contribution in [0.5, 0.6) is 11.5 Å². The van der Waals surface area contributed by atoms with E-state index in [1.165, 1.54) is 0 Å². The zero-order valence-corrected chi connectivity index (χ0v) is 14.5. The summed E-state index contributed by atoms with van der Waals surface area (Å²) in [4.78, 5) is 27.9. The first-order valence-corrected chi connectivity index (χ1v) is 8.47. The van der Waals surface area contributed by atoms with Gasteiger partial charge < -0.3 is 19.3 Å². The van der Waals surface area contributed by atoms with Gasteiger partial charge in [0, 0.05) is 32.6 Å². The van der Waals surface area contributed by atoms with Crippen LogP contribution >= 0.6 is 0 Å². The van der Waals surface area contributed by atoms with Crippen LogP contribution in [0, 0.1) is 0 Å². The zero-order chi connectivity index (χ0) is 17.4. The summed E-state index contributed by atoms with van der Waals surface area (Å²) in [5.74, 6) is 1.29. The van der Waals surface area contributed by atoms with Gasteiger partial charge in [-0.25, -0.2) is 0 Å². The van der Waals surface area contributed by atoms with Crippen molar-refractivity contribution in [2.45, 2.75) is 26.2 Å². The molecule has 1 heterocycles. The number of amides is 2. The van der Waals surface area contributed by atoms with E-state index < -0.39 is 0 Å². The van der Waals surface area contributed by atoms with E-state index in [2.05, 4.69) is 6.92 Å². The molecule has 2 rings (SSSR count). The Hall–Kier alpha value is -2.24. The van der Waals surface area contributed by atoms with Crippen molar-refractivity contribution < 1.29 is 19.1 Å². The van der Waals surface area contributed by atoms with Crippen LogP contribution in [0.25, 0.3) is 0 Å². The number of nitrogens with zero attached hydrogens (tertiary/aromatic N) is 2. The van der Waals surface area contributed by atoms with Crippen LogP contribution in [0.15, 0.2) is 24.3 Å². The number of para-hydroxylation sites is 2. The van der Waals surface area contributed by atoms with E-state index in [1.807, 2.05) is 17.0 Å². The average molecular weight is 334 g/mol. The van der Waals surface area contributed by atoms with Crippen molar-refractivity contribution in [1.82, 2.24) is 9.80 Å². The number of unbranched alkanes of at least 4 members (excludes halogenated alkanes) is 1. The van der Waals surface area contributed by atoms with Gasteiger partial charge in [0.1, 0.15) is 0 Å². The van der Waals surface area contributed by atoms with E-state index in [9.17, 15) is 9.59 Å². The Morgan fingerprint density at radius 3 is 2.17 bits per heavy atom. The Kier molecular flexibility index (Phi) is 6.90. The molecule has 0 saturated carbocycles. The van der Waals surface area contributed by atoms with Crippen LogP contribution in [-0.4, -0.2) is 61.5 Å². The lowest BCUT2D eigenvalue weighted by molar-refractivity contribution is -0.140. The Balaban J connectivity index is 1.77. The predicted octanol–water partition coefficient (Wildman–Crippen LogP) is 1.93. The van der Waals surface area contributed by atoms with E-state index >= 15 is 0 Å². The molecule has 0 N–H and O–H groups in total. The molecule has 24 heavy (non-hydrogen) atoms. The number of carbonyl (C=O) groups is 2. The molecule has 6 heteroatoms. The molecule has 0 spiro atoms. The Morgan fingerprint density at radius 1 is 1.00 bits per heavy atom. The van der Waals surface area contributed by atoms with Crippen LogP contribution in [0.1, 0.15) is 26.2 Å². The summed E-state index contributed by atoms with van der Waals surface area (Å²) in [7, 11) is 1.57. The smallest absolute Gasteiger partial charge is 0.260 e. The van der Waals surface area contributed by atoms with E-state index in [1.54, 1.807) is 24.1 Å². The summed E-state index contributed by atoms with van der Waals surface area (Å²) in [6.07, 6.45) is 2.54. The van der Waals surface area contributed by atoms with Gasteiger partial charge in [-0.05, 0) is 18.6 Å². The average Bonchev–Trinajstić information content (AvgIpc) is 2.64. The lowest BCUT2D eigenvalue weighted by Gasteiger charge is -2.34. The molecule has 2 amide bonds. The fourth-order valence-corrected chi connectivity index (χ4v) is 2.66. The first-order valence-electron chi connectivity index (χ1n) is 8.47. The topological polar surface area (TPSA) is 59.1 Å². The van der Waals surface area contributed by atoms with Gasteiger partial charge >= 0.3 is 0 Å². The Bertz CT molecular complexity index is 554. The number of hydrogen-bond acceptors (Lipinski definition) is 4. The number of benzene rings is 1. The van der Waals surface area contributed by atoms with E-state index in [-0.39, 0.29) is 18.4 Å². The molecule has 0 aromatic heterocycles. The third-order valence-corrected chi connectivity index (χ3v) is 4.15. The highest BCUT2D eigenvalue weighted by atomic mass is 16.5. The molecule has 1 aromatic rings. The van der Waals surface area contributed by atoms with Crippen molar-refractivity contribution >= 4 is 11.8 Å². The third-order valence-electron chi connectivity index (χ3n) is 4.15. The largest absolute Gasteiger partial charge is 0.493 e. The first kappa shape index (κ1) is 18.1. The van der Waals surface area contributed by atoms with Crippen LogP contribution in [0.3, 0.4) is 0 Å². The second-order valence-electron chi connectivity index (χ2n) is 5.80. The minimum Gasteiger partial charge on any atom is -0.493 e. The summed E-state index contributed by atoms with van der Waals surface area (Å²) in [6, 6.07) is 7.25. The summed E-state index contributed by atoms with van der Waals surface area (Å²) in [6.45, 7) is 4.37. The number of hydrogen-bond donors (Lipinski definition) is 0. The van der Waals surface area contributed by atoms with Crippen molar-refractivity contribution in [2.24, 2.45) is 0 Å². The predicted molar refractivity (Wildman–Crippen MR) is 91.2 cm³/mol. The zero-order valence-electron chi connectivity index (χ0n) is 14.5. The molecule has 0 radical (unpaired) electrons. The third kappa shape index (κ3) is 4.88. The van der Waals surface area contributed by atoms with Crippen molar-refractivity contribution in [3.8, 4) is 11.5 Å². The highest BCUT2D eigenvalue weighted by Gasteiger charge is 2.24. The molecule has 0 unspecified atom stereocenters. The van der Waals surface area contributed by atoms with Crippen LogP contribution < -0.4 is 9.47 Å². The lowest BCUT2D eigenvalue weighted by atomic mass is 10.2. The molecule has 1 aromatic carbocycles.